The molecule has 1 heterocycles. The highest BCUT2D eigenvalue weighted by Gasteiger charge is 2.08. The Morgan fingerprint density at radius 3 is 2.38 bits per heavy atom. The molecule has 0 radical (unpaired) electrons. The first-order chi connectivity index (χ1) is 3.83. The number of urea groups is 1. The lowest BCUT2D eigenvalue weighted by atomic mass is 11.0. The molecule has 0 aliphatic carbocycles. The zero-order chi connectivity index (χ0) is 5.98. The van der Waals surface area contributed by atoms with Crippen molar-refractivity contribution >= 4 is 12.0 Å². The molecule has 40 valence electrons. The number of nitroso groups, excluding NO2 is 1. The van der Waals surface area contributed by atoms with Gasteiger partial charge in [0.15, 0.2) is 0 Å². The number of amides is 2. The van der Waals surface area contributed by atoms with Gasteiger partial charge < -0.3 is 0 Å². The first-order valence-corrected chi connectivity index (χ1v) is 1.70. The molecule has 6 nitrogen and oxygen atoms in total. The van der Waals surface area contributed by atoms with E-state index in [1.807, 2.05) is 0 Å². The van der Waals surface area contributed by atoms with Crippen LogP contribution in [0, 0.1) is 4.91 Å². The Morgan fingerprint density at radius 1 is 1.38 bits per heavy atom. The minimum Gasteiger partial charge on any atom is -0.242 e. The number of guanidine groups is 1. The molecule has 1 rings (SSSR count). The fraction of sp³-hybridized carbons (Fsp3) is 0. The van der Waals surface area contributed by atoms with Gasteiger partial charge in [0.05, 0.1) is 0 Å². The van der Waals surface area contributed by atoms with Gasteiger partial charge in [0.2, 0.25) is 0 Å². The summed E-state index contributed by atoms with van der Waals surface area (Å²) in [6.45, 7) is 0. The molecular formula is C2N4O2. The summed E-state index contributed by atoms with van der Waals surface area (Å²) in [5, 5.41) is 8.12. The lowest BCUT2D eigenvalue weighted by Crippen LogP contribution is -1.80. The Balaban J connectivity index is 2.87. The van der Waals surface area contributed by atoms with Gasteiger partial charge in [-0.1, -0.05) is 5.11 Å². The molecule has 0 aromatic rings. The average molecular weight is 112 g/mol. The van der Waals surface area contributed by atoms with Gasteiger partial charge in [0.1, 0.15) is 0 Å². The summed E-state index contributed by atoms with van der Waals surface area (Å²) in [6, 6.07) is -0.778. The van der Waals surface area contributed by atoms with Gasteiger partial charge in [0.25, 0.3) is 0 Å². The first-order valence-electron chi connectivity index (χ1n) is 1.70. The Labute approximate surface area is 43.3 Å². The molecule has 1 aliphatic rings. The van der Waals surface area contributed by atoms with Crippen LogP contribution in [-0.2, 0) is 0 Å². The molecule has 0 unspecified atom stereocenters. The zero-order valence-electron chi connectivity index (χ0n) is 3.61. The SMILES string of the molecule is O=NC1=NC(=O)N=N1. The molecular weight excluding hydrogens is 112 g/mol. The van der Waals surface area contributed by atoms with Crippen LogP contribution in [0.5, 0.6) is 0 Å². The molecule has 0 fully saturated rings. The summed E-state index contributed by atoms with van der Waals surface area (Å²) in [5.41, 5.74) is 0. The second kappa shape index (κ2) is 1.57. The maximum absolute atomic E-state index is 9.97. The van der Waals surface area contributed by atoms with Gasteiger partial charge in [-0.25, -0.2) is 4.79 Å². The number of nitrogens with zero attached hydrogens (tertiary/aromatic N) is 4. The molecule has 0 bridgehead atoms. The summed E-state index contributed by atoms with van der Waals surface area (Å²) < 4.78 is 0. The van der Waals surface area contributed by atoms with Gasteiger partial charge in [-0.2, -0.15) is 0 Å². The number of carbonyl (C=O) groups is 1. The van der Waals surface area contributed by atoms with Crippen molar-refractivity contribution < 1.29 is 4.79 Å². The minimum absolute atomic E-state index is 0.407. The average Bonchev–Trinajstić information content (AvgIpc) is 2.14. The molecule has 1 aliphatic heterocycles. The molecule has 0 saturated carbocycles. The van der Waals surface area contributed by atoms with Crippen LogP contribution in [0.15, 0.2) is 20.4 Å². The van der Waals surface area contributed by atoms with Crippen LogP contribution in [-0.4, -0.2) is 12.0 Å². The van der Waals surface area contributed by atoms with Crippen LogP contribution in [0.25, 0.3) is 0 Å². The number of hydrogen-bond donors (Lipinski definition) is 0. The second-order valence-electron chi connectivity index (χ2n) is 0.986. The van der Waals surface area contributed by atoms with E-state index in [0.29, 0.717) is 0 Å². The summed E-state index contributed by atoms with van der Waals surface area (Å²) in [4.78, 5) is 22.4. The maximum atomic E-state index is 9.97. The van der Waals surface area contributed by atoms with Crippen LogP contribution >= 0.6 is 0 Å². The van der Waals surface area contributed by atoms with Crippen LogP contribution in [0.3, 0.4) is 0 Å². The zero-order valence-corrected chi connectivity index (χ0v) is 3.61. The normalized spacial score (nSPS) is 16.5. The monoisotopic (exact) mass is 112 g/mol. The van der Waals surface area contributed by atoms with Gasteiger partial charge in [0, 0.05) is 5.18 Å². The molecule has 0 aromatic carbocycles. The van der Waals surface area contributed by atoms with Crippen molar-refractivity contribution in [1.29, 1.82) is 0 Å². The van der Waals surface area contributed by atoms with Crippen molar-refractivity contribution in [3.8, 4) is 0 Å². The predicted molar refractivity (Wildman–Crippen MR) is 23.5 cm³/mol. The van der Waals surface area contributed by atoms with E-state index in [9.17, 15) is 9.70 Å². The Bertz CT molecular complexity index is 192. The van der Waals surface area contributed by atoms with E-state index in [1.54, 1.807) is 0 Å². The Hall–Kier alpha value is -1.46. The van der Waals surface area contributed by atoms with Gasteiger partial charge in [-0.15, -0.1) is 15.0 Å². The van der Waals surface area contributed by atoms with Crippen molar-refractivity contribution in [2.24, 2.45) is 20.4 Å². The third kappa shape index (κ3) is 0.625. The molecule has 0 aromatic heterocycles. The summed E-state index contributed by atoms with van der Waals surface area (Å²) in [5.74, 6) is -0.407. The Morgan fingerprint density at radius 2 is 2.12 bits per heavy atom. The summed E-state index contributed by atoms with van der Waals surface area (Å²) in [6.07, 6.45) is 0. The lowest BCUT2D eigenvalue weighted by molar-refractivity contribution is 0.257. The smallest absolute Gasteiger partial charge is 0.242 e. The van der Waals surface area contributed by atoms with Gasteiger partial charge in [-0.05, 0) is 0 Å². The van der Waals surface area contributed by atoms with E-state index in [4.69, 9.17) is 0 Å². The van der Waals surface area contributed by atoms with Crippen molar-refractivity contribution in [3.63, 3.8) is 0 Å². The van der Waals surface area contributed by atoms with Gasteiger partial charge in [-0.3, -0.25) is 0 Å². The minimum atomic E-state index is -0.778. The highest BCUT2D eigenvalue weighted by Crippen LogP contribution is 1.97. The topological polar surface area (TPSA) is 83.6 Å². The van der Waals surface area contributed by atoms with Crippen LogP contribution < -0.4 is 0 Å². The largest absolute Gasteiger partial charge is 0.389 e. The van der Waals surface area contributed by atoms with Gasteiger partial charge >= 0.3 is 12.0 Å². The number of aliphatic imine (C=N–C) groups is 1. The van der Waals surface area contributed by atoms with E-state index in [-0.39, 0.29) is 0 Å². The first kappa shape index (κ1) is 4.69. The van der Waals surface area contributed by atoms with E-state index < -0.39 is 12.0 Å². The third-order valence-corrected chi connectivity index (χ3v) is 0.502. The molecule has 2 amide bonds. The van der Waals surface area contributed by atoms with E-state index >= 15 is 0 Å². The van der Waals surface area contributed by atoms with E-state index in [1.165, 1.54) is 0 Å². The lowest BCUT2D eigenvalue weighted by Gasteiger charge is -1.64. The van der Waals surface area contributed by atoms with E-state index in [2.05, 4.69) is 20.4 Å². The van der Waals surface area contributed by atoms with Crippen molar-refractivity contribution in [3.05, 3.63) is 4.91 Å². The molecule has 0 N–H and O–H groups in total. The fourth-order valence-corrected chi connectivity index (χ4v) is 0.256. The standard InChI is InChI=1S/C2N4O2/c7-2-3-1(6-8)4-5-2. The molecule has 8 heavy (non-hydrogen) atoms. The molecule has 0 atom stereocenters. The van der Waals surface area contributed by atoms with Crippen molar-refractivity contribution in [2.45, 2.75) is 0 Å². The number of azo groups is 1. The summed E-state index contributed by atoms with van der Waals surface area (Å²) in [7, 11) is 0. The van der Waals surface area contributed by atoms with E-state index in [0.717, 1.165) is 0 Å². The fourth-order valence-electron chi connectivity index (χ4n) is 0.256. The molecule has 0 saturated heterocycles. The van der Waals surface area contributed by atoms with Crippen LogP contribution in [0.2, 0.25) is 0 Å². The third-order valence-electron chi connectivity index (χ3n) is 0.502. The molecule has 0 spiro atoms. The highest BCUT2D eigenvalue weighted by atomic mass is 16.3. The van der Waals surface area contributed by atoms with Crippen LogP contribution in [0.4, 0.5) is 4.79 Å². The maximum Gasteiger partial charge on any atom is 0.389 e. The summed E-state index contributed by atoms with van der Waals surface area (Å²) >= 11 is 0. The quantitative estimate of drug-likeness (QED) is 0.432. The molecule has 6 heteroatoms. The predicted octanol–water partition coefficient (Wildman–Crippen LogP) is 0.695. The van der Waals surface area contributed by atoms with Crippen LogP contribution in [0.1, 0.15) is 0 Å². The Kier molecular flexibility index (Phi) is 0.918. The van der Waals surface area contributed by atoms with Crippen molar-refractivity contribution in [2.75, 3.05) is 0 Å². The number of carbonyl (C=O) groups excluding carboxylic acids is 1. The number of hydrogen-bond acceptors (Lipinski definition) is 4. The highest BCUT2D eigenvalue weighted by molar-refractivity contribution is 5.97. The van der Waals surface area contributed by atoms with Crippen molar-refractivity contribution in [1.82, 2.24) is 0 Å². The second-order valence-corrected chi connectivity index (χ2v) is 0.986. The number of rotatable bonds is 0.